The van der Waals surface area contributed by atoms with E-state index in [-0.39, 0.29) is 0 Å². The van der Waals surface area contributed by atoms with E-state index in [0.29, 0.717) is 28.0 Å². The highest BCUT2D eigenvalue weighted by molar-refractivity contribution is 7.80. The van der Waals surface area contributed by atoms with Crippen molar-refractivity contribution in [2.24, 2.45) is 0 Å². The Bertz CT molecular complexity index is 696. The van der Waals surface area contributed by atoms with Gasteiger partial charge in [0.25, 0.3) is 0 Å². The van der Waals surface area contributed by atoms with Crippen LogP contribution in [0.15, 0.2) is 36.4 Å². The second kappa shape index (κ2) is 8.26. The van der Waals surface area contributed by atoms with Crippen LogP contribution in [0.25, 0.3) is 0 Å². The summed E-state index contributed by atoms with van der Waals surface area (Å²) in [7, 11) is 6.30. The first-order chi connectivity index (χ1) is 11.6. The molecule has 0 atom stereocenters. The number of hydrogen-bond acceptors (Lipinski definition) is 5. The SMILES string of the molecule is COc1cccc(NC(=S)Nc2cc(OC)c(OC)c(OC)c2)c1. The average Bonchev–Trinajstić information content (AvgIpc) is 2.60. The van der Waals surface area contributed by atoms with Crippen molar-refractivity contribution < 1.29 is 18.9 Å². The minimum atomic E-state index is 0.428. The van der Waals surface area contributed by atoms with Gasteiger partial charge in [-0.2, -0.15) is 0 Å². The Kier molecular flexibility index (Phi) is 6.08. The molecule has 0 aromatic heterocycles. The zero-order chi connectivity index (χ0) is 17.5. The molecule has 0 spiro atoms. The van der Waals surface area contributed by atoms with Crippen molar-refractivity contribution in [2.45, 2.75) is 0 Å². The number of nitrogens with one attached hydrogen (secondary N) is 2. The highest BCUT2D eigenvalue weighted by Gasteiger charge is 2.13. The van der Waals surface area contributed by atoms with E-state index in [2.05, 4.69) is 10.6 Å². The monoisotopic (exact) mass is 348 g/mol. The molecule has 24 heavy (non-hydrogen) atoms. The maximum absolute atomic E-state index is 5.34. The first-order valence-electron chi connectivity index (χ1n) is 7.13. The van der Waals surface area contributed by atoms with Gasteiger partial charge in [0.15, 0.2) is 16.6 Å². The van der Waals surface area contributed by atoms with Crippen LogP contribution in [0.1, 0.15) is 0 Å². The summed E-state index contributed by atoms with van der Waals surface area (Å²) in [5.74, 6) is 2.36. The lowest BCUT2D eigenvalue weighted by Gasteiger charge is -2.16. The van der Waals surface area contributed by atoms with Crippen LogP contribution in [0.5, 0.6) is 23.0 Å². The molecule has 0 fully saturated rings. The molecular weight excluding hydrogens is 328 g/mol. The minimum Gasteiger partial charge on any atom is -0.497 e. The molecule has 0 aliphatic carbocycles. The third-order valence-corrected chi connectivity index (χ3v) is 3.45. The molecule has 2 N–H and O–H groups in total. The third-order valence-electron chi connectivity index (χ3n) is 3.25. The van der Waals surface area contributed by atoms with Crippen molar-refractivity contribution in [3.8, 4) is 23.0 Å². The molecule has 2 aromatic carbocycles. The lowest BCUT2D eigenvalue weighted by Crippen LogP contribution is -2.19. The van der Waals surface area contributed by atoms with Crippen LogP contribution < -0.4 is 29.6 Å². The summed E-state index contributed by atoms with van der Waals surface area (Å²) in [6, 6.07) is 11.0. The van der Waals surface area contributed by atoms with Crippen molar-refractivity contribution in [1.82, 2.24) is 0 Å². The van der Waals surface area contributed by atoms with Crippen molar-refractivity contribution in [3.63, 3.8) is 0 Å². The first-order valence-corrected chi connectivity index (χ1v) is 7.54. The van der Waals surface area contributed by atoms with E-state index in [1.807, 2.05) is 24.3 Å². The summed E-state index contributed by atoms with van der Waals surface area (Å²) in [5, 5.41) is 6.62. The Morgan fingerprint density at radius 2 is 1.42 bits per heavy atom. The molecule has 0 radical (unpaired) electrons. The molecule has 0 amide bonds. The molecule has 2 aromatic rings. The van der Waals surface area contributed by atoms with E-state index >= 15 is 0 Å². The lowest BCUT2D eigenvalue weighted by molar-refractivity contribution is 0.324. The molecule has 0 saturated carbocycles. The molecule has 2 rings (SSSR count). The van der Waals surface area contributed by atoms with Gasteiger partial charge in [0.1, 0.15) is 5.75 Å². The molecule has 7 heteroatoms. The summed E-state index contributed by atoms with van der Waals surface area (Å²) < 4.78 is 21.1. The van der Waals surface area contributed by atoms with E-state index < -0.39 is 0 Å². The Morgan fingerprint density at radius 1 is 0.792 bits per heavy atom. The Hall–Kier alpha value is -2.67. The minimum absolute atomic E-state index is 0.428. The van der Waals surface area contributed by atoms with Crippen molar-refractivity contribution in [1.29, 1.82) is 0 Å². The summed E-state index contributed by atoms with van der Waals surface area (Å²) in [4.78, 5) is 0. The van der Waals surface area contributed by atoms with Crippen LogP contribution in [0.3, 0.4) is 0 Å². The molecule has 0 aliphatic rings. The fourth-order valence-corrected chi connectivity index (χ4v) is 2.38. The van der Waals surface area contributed by atoms with Gasteiger partial charge in [-0.05, 0) is 24.4 Å². The second-order valence-corrected chi connectivity index (χ2v) is 5.13. The predicted molar refractivity (Wildman–Crippen MR) is 98.9 cm³/mol. The molecule has 0 bridgehead atoms. The molecule has 128 valence electrons. The number of anilines is 2. The first kappa shape index (κ1) is 17.7. The van der Waals surface area contributed by atoms with Gasteiger partial charge in [-0.3, -0.25) is 0 Å². The highest BCUT2D eigenvalue weighted by Crippen LogP contribution is 2.39. The van der Waals surface area contributed by atoms with Gasteiger partial charge < -0.3 is 29.6 Å². The summed E-state index contributed by atoms with van der Waals surface area (Å²) in [5.41, 5.74) is 1.53. The quantitative estimate of drug-likeness (QED) is 0.774. The van der Waals surface area contributed by atoms with E-state index in [1.165, 1.54) is 0 Å². The smallest absolute Gasteiger partial charge is 0.203 e. The van der Waals surface area contributed by atoms with Gasteiger partial charge in [0.2, 0.25) is 5.75 Å². The van der Waals surface area contributed by atoms with Crippen LogP contribution in [0.2, 0.25) is 0 Å². The average molecular weight is 348 g/mol. The van der Waals surface area contributed by atoms with E-state index in [4.69, 9.17) is 31.2 Å². The second-order valence-electron chi connectivity index (χ2n) is 4.73. The van der Waals surface area contributed by atoms with E-state index in [0.717, 1.165) is 11.4 Å². The molecule has 0 aliphatic heterocycles. The molecular formula is C17H20N2O4S. The van der Waals surface area contributed by atoms with Gasteiger partial charge in [-0.15, -0.1) is 0 Å². The van der Waals surface area contributed by atoms with Crippen molar-refractivity contribution >= 4 is 28.7 Å². The Balaban J connectivity index is 2.16. The topological polar surface area (TPSA) is 61.0 Å². The van der Waals surface area contributed by atoms with Crippen molar-refractivity contribution in [3.05, 3.63) is 36.4 Å². The molecule has 0 heterocycles. The number of thiocarbonyl (C=S) groups is 1. The van der Waals surface area contributed by atoms with Crippen LogP contribution in [0.4, 0.5) is 11.4 Å². The zero-order valence-corrected chi connectivity index (χ0v) is 14.8. The Morgan fingerprint density at radius 3 is 1.96 bits per heavy atom. The fraction of sp³-hybridized carbons (Fsp3) is 0.235. The van der Waals surface area contributed by atoms with Crippen LogP contribution >= 0.6 is 12.2 Å². The molecule has 0 saturated heterocycles. The third kappa shape index (κ3) is 4.20. The maximum atomic E-state index is 5.34. The number of ether oxygens (including phenoxy) is 4. The van der Waals surface area contributed by atoms with Crippen molar-refractivity contribution in [2.75, 3.05) is 39.1 Å². The summed E-state index contributed by atoms with van der Waals surface area (Å²) in [6.07, 6.45) is 0. The van der Waals surface area contributed by atoms with Gasteiger partial charge in [0.05, 0.1) is 28.4 Å². The molecule has 6 nitrogen and oxygen atoms in total. The fourth-order valence-electron chi connectivity index (χ4n) is 2.15. The predicted octanol–water partition coefficient (Wildman–Crippen LogP) is 3.53. The van der Waals surface area contributed by atoms with Gasteiger partial charge in [0, 0.05) is 29.6 Å². The van der Waals surface area contributed by atoms with E-state index in [1.54, 1.807) is 40.6 Å². The summed E-state index contributed by atoms with van der Waals surface area (Å²) >= 11 is 5.34. The highest BCUT2D eigenvalue weighted by atomic mass is 32.1. The van der Waals surface area contributed by atoms with Gasteiger partial charge in [-0.25, -0.2) is 0 Å². The van der Waals surface area contributed by atoms with Gasteiger partial charge >= 0.3 is 0 Å². The lowest BCUT2D eigenvalue weighted by atomic mass is 10.2. The van der Waals surface area contributed by atoms with Crippen LogP contribution in [-0.2, 0) is 0 Å². The Labute approximate surface area is 146 Å². The zero-order valence-electron chi connectivity index (χ0n) is 14.0. The van der Waals surface area contributed by atoms with Crippen LogP contribution in [-0.4, -0.2) is 33.6 Å². The maximum Gasteiger partial charge on any atom is 0.203 e. The molecule has 0 unspecified atom stereocenters. The standard InChI is InChI=1S/C17H20N2O4S/c1-20-13-7-5-6-11(8-13)18-17(24)19-12-9-14(21-2)16(23-4)15(10-12)22-3/h5-10H,1-4H3,(H2,18,19,24). The number of hydrogen-bond donors (Lipinski definition) is 2. The number of methoxy groups -OCH3 is 4. The summed E-state index contributed by atoms with van der Waals surface area (Å²) in [6.45, 7) is 0. The number of benzene rings is 2. The van der Waals surface area contributed by atoms with Gasteiger partial charge in [-0.1, -0.05) is 6.07 Å². The largest absolute Gasteiger partial charge is 0.497 e. The number of rotatable bonds is 6. The van der Waals surface area contributed by atoms with E-state index in [9.17, 15) is 0 Å². The van der Waals surface area contributed by atoms with Crippen LogP contribution in [0, 0.1) is 0 Å². The normalized spacial score (nSPS) is 9.83.